The molecule has 3 rings (SSSR count). The molecule has 0 atom stereocenters. The van der Waals surface area contributed by atoms with Crippen molar-refractivity contribution in [3.05, 3.63) is 54.2 Å². The van der Waals surface area contributed by atoms with Gasteiger partial charge >= 0.3 is 0 Å². The highest BCUT2D eigenvalue weighted by Crippen LogP contribution is 2.27. The summed E-state index contributed by atoms with van der Waals surface area (Å²) >= 11 is 0. The smallest absolute Gasteiger partial charge is 0.206 e. The second-order valence-electron chi connectivity index (χ2n) is 6.98. The van der Waals surface area contributed by atoms with E-state index in [0.717, 1.165) is 11.9 Å². The van der Waals surface area contributed by atoms with Crippen LogP contribution in [0.15, 0.2) is 58.3 Å². The van der Waals surface area contributed by atoms with Crippen LogP contribution in [0.25, 0.3) is 0 Å². The second-order valence-corrected chi connectivity index (χ2v) is 11.2. The van der Waals surface area contributed by atoms with Crippen LogP contribution >= 0.6 is 0 Å². The first-order chi connectivity index (χ1) is 14.0. The molecule has 0 saturated heterocycles. The van der Waals surface area contributed by atoms with Crippen molar-refractivity contribution >= 4 is 37.1 Å². The van der Waals surface area contributed by atoms with Crippen LogP contribution in [0.1, 0.15) is 5.69 Å². The van der Waals surface area contributed by atoms with Crippen LogP contribution in [0.3, 0.4) is 0 Å². The number of sulfone groups is 2. The van der Waals surface area contributed by atoms with Crippen LogP contribution in [-0.2, 0) is 19.7 Å². The van der Waals surface area contributed by atoms with E-state index < -0.39 is 19.7 Å². The van der Waals surface area contributed by atoms with Crippen molar-refractivity contribution in [3.63, 3.8) is 0 Å². The highest BCUT2D eigenvalue weighted by atomic mass is 32.2. The number of H-pyrrole nitrogens is 1. The summed E-state index contributed by atoms with van der Waals surface area (Å²) in [6.45, 7) is 2.01. The first-order valence-corrected chi connectivity index (χ1v) is 12.6. The summed E-state index contributed by atoms with van der Waals surface area (Å²) in [5, 5.41) is 9.88. The van der Waals surface area contributed by atoms with E-state index in [0.29, 0.717) is 11.6 Å². The molecule has 2 N–H and O–H groups in total. The Morgan fingerprint density at radius 2 is 1.70 bits per heavy atom. The van der Waals surface area contributed by atoms with Gasteiger partial charge in [0.2, 0.25) is 9.84 Å². The maximum atomic E-state index is 13.1. The largest absolute Gasteiger partial charge is 0.359 e. The Morgan fingerprint density at radius 1 is 1.00 bits per heavy atom. The average molecular weight is 450 g/mol. The van der Waals surface area contributed by atoms with Gasteiger partial charge in [0, 0.05) is 37.7 Å². The van der Waals surface area contributed by atoms with Gasteiger partial charge in [-0.15, -0.1) is 0 Å². The Balaban J connectivity index is 2.03. The van der Waals surface area contributed by atoms with Gasteiger partial charge in [-0.05, 0) is 25.1 Å². The molecule has 160 valence electrons. The van der Waals surface area contributed by atoms with Gasteiger partial charge < -0.3 is 10.2 Å². The van der Waals surface area contributed by atoms with E-state index in [2.05, 4.69) is 20.5 Å². The Hall–Kier alpha value is -2.92. The number of aromatic amines is 1. The molecule has 9 nitrogen and oxygen atoms in total. The number of pyridine rings is 1. The number of anilines is 3. The summed E-state index contributed by atoms with van der Waals surface area (Å²) in [5.41, 5.74) is 0.830. The Labute approximate surface area is 176 Å². The van der Waals surface area contributed by atoms with E-state index in [1.165, 1.54) is 24.3 Å². The molecule has 0 unspecified atom stereocenters. The van der Waals surface area contributed by atoms with Crippen molar-refractivity contribution in [1.29, 1.82) is 0 Å². The topological polar surface area (TPSA) is 125 Å². The van der Waals surface area contributed by atoms with E-state index in [4.69, 9.17) is 0 Å². The molecule has 3 aromatic rings. The lowest BCUT2D eigenvalue weighted by atomic mass is 10.4. The van der Waals surface area contributed by atoms with Gasteiger partial charge in [-0.25, -0.2) is 21.8 Å². The minimum atomic E-state index is -3.80. The minimum absolute atomic E-state index is 0.0414. The molecule has 1 aromatic carbocycles. The van der Waals surface area contributed by atoms with Gasteiger partial charge in [-0.1, -0.05) is 18.2 Å². The zero-order chi connectivity index (χ0) is 21.9. The minimum Gasteiger partial charge on any atom is -0.359 e. The summed E-state index contributed by atoms with van der Waals surface area (Å²) in [4.78, 5) is 6.25. The fraction of sp³-hybridized carbons (Fsp3) is 0.263. The summed E-state index contributed by atoms with van der Waals surface area (Å²) in [7, 11) is -5.32. The van der Waals surface area contributed by atoms with Gasteiger partial charge in [-0.2, -0.15) is 5.10 Å². The highest BCUT2D eigenvalue weighted by molar-refractivity contribution is 7.91. The van der Waals surface area contributed by atoms with Crippen LogP contribution in [0.2, 0.25) is 0 Å². The summed E-state index contributed by atoms with van der Waals surface area (Å²) in [5.74, 6) is 1.01. The molecular weight excluding hydrogens is 426 g/mol. The monoisotopic (exact) mass is 449 g/mol. The fourth-order valence-electron chi connectivity index (χ4n) is 2.67. The maximum absolute atomic E-state index is 13.1. The Kier molecular flexibility index (Phi) is 6.13. The van der Waals surface area contributed by atoms with Crippen LogP contribution in [0.5, 0.6) is 0 Å². The van der Waals surface area contributed by atoms with E-state index in [9.17, 15) is 16.8 Å². The zero-order valence-corrected chi connectivity index (χ0v) is 18.5. The number of aryl methyl sites for hydroxylation is 1. The Bertz CT molecular complexity index is 1240. The molecule has 0 saturated carbocycles. The number of nitrogens with one attached hydrogen (secondary N) is 2. The molecule has 0 aliphatic carbocycles. The third kappa shape index (κ3) is 5.36. The van der Waals surface area contributed by atoms with Crippen molar-refractivity contribution in [2.24, 2.45) is 0 Å². The summed E-state index contributed by atoms with van der Waals surface area (Å²) < 4.78 is 49.3. The first-order valence-electron chi connectivity index (χ1n) is 9.05. The molecular formula is C19H23N5O4S2. The number of hydrogen-bond acceptors (Lipinski definition) is 8. The molecule has 2 aromatic heterocycles. The average Bonchev–Trinajstić information content (AvgIpc) is 3.10. The lowest BCUT2D eigenvalue weighted by Crippen LogP contribution is -2.26. The van der Waals surface area contributed by atoms with E-state index in [-0.39, 0.29) is 27.9 Å². The molecule has 0 amide bonds. The van der Waals surface area contributed by atoms with Gasteiger partial charge in [0.1, 0.15) is 21.5 Å². The van der Waals surface area contributed by atoms with Crippen LogP contribution in [-0.4, -0.2) is 57.6 Å². The van der Waals surface area contributed by atoms with Gasteiger partial charge in [-0.3, -0.25) is 5.10 Å². The lowest BCUT2D eigenvalue weighted by Gasteiger charge is -2.20. The van der Waals surface area contributed by atoms with Crippen LogP contribution in [0, 0.1) is 6.92 Å². The van der Waals surface area contributed by atoms with E-state index in [1.54, 1.807) is 36.2 Å². The molecule has 0 bridgehead atoms. The first kappa shape index (κ1) is 21.8. The predicted octanol–water partition coefficient (Wildman–Crippen LogP) is 2.17. The molecule has 30 heavy (non-hydrogen) atoms. The molecule has 0 aliphatic rings. The van der Waals surface area contributed by atoms with Crippen molar-refractivity contribution in [3.8, 4) is 0 Å². The van der Waals surface area contributed by atoms with Crippen molar-refractivity contribution in [2.45, 2.75) is 16.7 Å². The third-order valence-corrected chi connectivity index (χ3v) is 6.97. The Morgan fingerprint density at radius 3 is 2.30 bits per heavy atom. The van der Waals surface area contributed by atoms with Gasteiger partial charge in [0.05, 0.1) is 15.5 Å². The van der Waals surface area contributed by atoms with Crippen LogP contribution in [0.4, 0.5) is 17.5 Å². The predicted molar refractivity (Wildman–Crippen MR) is 116 cm³/mol. The molecule has 0 aliphatic heterocycles. The van der Waals surface area contributed by atoms with Gasteiger partial charge in [0.25, 0.3) is 0 Å². The van der Waals surface area contributed by atoms with Gasteiger partial charge in [0.15, 0.2) is 5.82 Å². The standard InChI is InChI=1S/C19H23N5O4S2/c1-14-11-18(23-22-14)20-17-12-16(30(27,28)15-7-5-4-6-8-15)13-19(21-17)24(2)9-10-29(3,25)26/h4-8,11-13H,9-10H2,1-3H3,(H2,20,21,22,23). The van der Waals surface area contributed by atoms with E-state index >= 15 is 0 Å². The maximum Gasteiger partial charge on any atom is 0.206 e. The SMILES string of the molecule is Cc1cc(Nc2cc(S(=O)(=O)c3ccccc3)cc(N(C)CCS(C)(=O)=O)n2)n[nH]1. The zero-order valence-electron chi connectivity index (χ0n) is 16.8. The van der Waals surface area contributed by atoms with Crippen LogP contribution < -0.4 is 10.2 Å². The highest BCUT2D eigenvalue weighted by Gasteiger charge is 2.21. The summed E-state index contributed by atoms with van der Waals surface area (Å²) in [6.07, 6.45) is 1.15. The normalized spacial score (nSPS) is 12.0. The number of aromatic nitrogens is 3. The summed E-state index contributed by atoms with van der Waals surface area (Å²) in [6, 6.07) is 12.7. The van der Waals surface area contributed by atoms with Crippen molar-refractivity contribution < 1.29 is 16.8 Å². The molecule has 0 spiro atoms. The van der Waals surface area contributed by atoms with E-state index in [1.807, 2.05) is 6.92 Å². The number of nitrogens with zero attached hydrogens (tertiary/aromatic N) is 3. The quantitative estimate of drug-likeness (QED) is 0.536. The fourth-order valence-corrected chi connectivity index (χ4v) is 4.59. The molecule has 0 radical (unpaired) electrons. The lowest BCUT2D eigenvalue weighted by molar-refractivity contribution is 0.595. The third-order valence-electron chi connectivity index (χ3n) is 4.30. The number of benzene rings is 1. The molecule has 0 fully saturated rings. The number of rotatable bonds is 8. The molecule has 11 heteroatoms. The molecule has 2 heterocycles. The van der Waals surface area contributed by atoms with Crippen molar-refractivity contribution in [1.82, 2.24) is 15.2 Å². The second kappa shape index (κ2) is 8.44. The van der Waals surface area contributed by atoms with Crippen molar-refractivity contribution in [2.75, 3.05) is 35.8 Å². The number of hydrogen-bond donors (Lipinski definition) is 2.